The van der Waals surface area contributed by atoms with Gasteiger partial charge in [-0.25, -0.2) is 31.9 Å². The van der Waals surface area contributed by atoms with Crippen LogP contribution < -0.4 is 65.5 Å². The molecule has 4 aliphatic rings. The largest absolute Gasteiger partial charge is 0.326 e. The van der Waals surface area contributed by atoms with Crippen LogP contribution in [-0.4, -0.2) is 88.9 Å². The number of hydrogen-bond donors (Lipinski definition) is 12. The third kappa shape index (κ3) is 26.9. The Morgan fingerprint density at radius 2 is 0.534 bits per heavy atom. The van der Waals surface area contributed by atoms with Gasteiger partial charge < -0.3 is 65.5 Å². The second kappa shape index (κ2) is 47.6. The summed E-state index contributed by atoms with van der Waals surface area (Å²) < 4.78 is 51.2. The summed E-state index contributed by atoms with van der Waals surface area (Å²) in [4.78, 5) is 53.4. The van der Waals surface area contributed by atoms with E-state index in [1.807, 2.05) is 161 Å². The van der Waals surface area contributed by atoms with E-state index in [2.05, 4.69) is 175 Å². The molecule has 4 unspecified atom stereocenters. The van der Waals surface area contributed by atoms with Crippen LogP contribution in [0.3, 0.4) is 0 Å². The van der Waals surface area contributed by atoms with Gasteiger partial charge in [0.1, 0.15) is 40.2 Å². The number of carbonyl (C=O) groups is 4. The molecule has 24 nitrogen and oxygen atoms in total. The molecule has 4 aliphatic carbocycles. The second-order valence-electron chi connectivity index (χ2n) is 38.8. The number of carbonyl (C=O) groups excluding carboxylic acids is 4. The Labute approximate surface area is 850 Å². The number of benzene rings is 12. The second-order valence-corrected chi connectivity index (χ2v) is 38.8. The number of amides is 4. The van der Waals surface area contributed by atoms with Gasteiger partial charge in [0.05, 0.1) is 86.8 Å². The standard InChI is InChI=1S/2C30H32FN5O.C30H33N5O.C29H30FN5O/c1-19-5-3-7-23(13-19)29(33-18-21-9-10-21)24-11-12-26(31)27(16-24)34-30(37)28-14-20(2)35-36(28)25-8-4-6-22(15-25)17-32;1-19-6-10-23(11-7-19)29(33-18-21-8-9-21)24-12-13-26(31)27(16-24)34-30(37)28-14-20(2)35-36(28)25-5-3-4-22(15-25)17-32;1-20-9-13-24(14-10-20)29(32-19-22-11-12-22)25-6-4-7-26(17-25)33-30(36)28-15-21(2)34-35(28)27-8-3-5-23(16-27)18-31;1-19-14-27(35(34-19)24-9-5-6-21(15-24)17-31)29(36)33-26-16-23(12-13-25(26)30)28(32-18-20-10-11-20)22-7-3-2-4-8-22/h3-8,11-16,21,29,33H,9-10,17-18,32H2,1-2H3,(H,34,37);3-7,10-16,21,29,33H,8-9,17-18,32H2,1-2H3,(H,34,37);3-10,13-17,22,29,32H,11-12,18-19,31H2,1-2H3,(H,33,36);2-9,12-16,20,28,32H,10-11,17-18,31H2,1H3,(H,33,36). The first-order chi connectivity index (χ1) is 70.8. The third-order valence-electron chi connectivity index (χ3n) is 26.6. The SMILES string of the molecule is Cc1cc(C(=O)Nc2cc(C(NCC3CC3)c3ccccc3)ccc2F)n(-c2cccc(CN)c2)n1.Cc1ccc(C(NCC2CC2)c2ccc(F)c(NC(=O)c3cc(C)nn3-c3cccc(CN)c3)c2)cc1.Cc1ccc(C(NCC2CC2)c2cccc(NC(=O)c3cc(C)nn3-c3cccc(CN)c3)c2)cc1.Cc1cccc(C(NCC2CC2)c2ccc(F)c(NC(=O)c3cc(C)nn3-c3cccc(CN)c3)c2)c1. The van der Waals surface area contributed by atoms with Crippen molar-refractivity contribution in [3.63, 3.8) is 0 Å². The van der Waals surface area contributed by atoms with Crippen LogP contribution >= 0.6 is 0 Å². The molecule has 27 heteroatoms. The van der Waals surface area contributed by atoms with E-state index in [1.54, 1.807) is 79.4 Å². The lowest BCUT2D eigenvalue weighted by Crippen LogP contribution is -2.25. The van der Waals surface area contributed by atoms with Gasteiger partial charge in [0.25, 0.3) is 23.6 Å². The van der Waals surface area contributed by atoms with Crippen molar-refractivity contribution in [2.45, 2.75) is 150 Å². The molecule has 4 amide bonds. The van der Waals surface area contributed by atoms with E-state index in [9.17, 15) is 32.3 Å². The lowest BCUT2D eigenvalue weighted by molar-refractivity contribution is 0.101. The minimum absolute atomic E-state index is 0.0647. The molecule has 0 spiro atoms. The molecule has 4 fully saturated rings. The van der Waals surface area contributed by atoms with Gasteiger partial charge in [-0.05, 0) is 338 Å². The van der Waals surface area contributed by atoms with Crippen LogP contribution in [0.4, 0.5) is 35.9 Å². The van der Waals surface area contributed by atoms with Crippen LogP contribution in [0.25, 0.3) is 22.7 Å². The summed E-state index contributed by atoms with van der Waals surface area (Å²) in [6.45, 7) is 18.8. The van der Waals surface area contributed by atoms with Crippen molar-refractivity contribution < 1.29 is 32.3 Å². The quantitative estimate of drug-likeness (QED) is 0.0174. The molecular weight excluding hydrogens is 1830 g/mol. The molecule has 0 bridgehead atoms. The van der Waals surface area contributed by atoms with Gasteiger partial charge in [-0.3, -0.25) is 19.2 Å². The number of hydrogen-bond acceptors (Lipinski definition) is 16. The lowest BCUT2D eigenvalue weighted by atomic mass is 9.96. The zero-order valence-electron chi connectivity index (χ0n) is 83.5. The molecule has 20 rings (SSSR count). The molecule has 0 aliphatic heterocycles. The van der Waals surface area contributed by atoms with E-state index in [0.717, 1.165) is 133 Å². The van der Waals surface area contributed by atoms with Crippen molar-refractivity contribution in [2.75, 3.05) is 47.4 Å². The van der Waals surface area contributed by atoms with Crippen molar-refractivity contribution in [2.24, 2.45) is 46.6 Å². The van der Waals surface area contributed by atoms with Crippen molar-refractivity contribution >= 4 is 46.4 Å². The highest BCUT2D eigenvalue weighted by Crippen LogP contribution is 2.38. The molecule has 16 aromatic rings. The van der Waals surface area contributed by atoms with E-state index in [1.165, 1.54) is 86.3 Å². The van der Waals surface area contributed by atoms with Crippen molar-refractivity contribution in [1.82, 2.24) is 60.4 Å². The van der Waals surface area contributed by atoms with Gasteiger partial charge in [0, 0.05) is 31.9 Å². The van der Waals surface area contributed by atoms with Crippen molar-refractivity contribution in [3.05, 3.63) is 450 Å². The average Bonchev–Trinajstić information content (AvgIpc) is 1.61. The van der Waals surface area contributed by atoms with E-state index in [-0.39, 0.29) is 47.1 Å². The minimum Gasteiger partial charge on any atom is -0.326 e. The van der Waals surface area contributed by atoms with E-state index in [0.29, 0.717) is 83.8 Å². The number of halogens is 3. The van der Waals surface area contributed by atoms with Gasteiger partial charge >= 0.3 is 0 Å². The molecule has 16 N–H and O–H groups in total. The van der Waals surface area contributed by atoms with Crippen LogP contribution in [0.15, 0.2) is 303 Å². The molecule has 146 heavy (non-hydrogen) atoms. The van der Waals surface area contributed by atoms with Crippen LogP contribution in [0.2, 0.25) is 0 Å². The summed E-state index contributed by atoms with van der Waals surface area (Å²) in [5.41, 5.74) is 47.2. The minimum atomic E-state index is -0.492. The zero-order chi connectivity index (χ0) is 102. The highest BCUT2D eigenvalue weighted by Gasteiger charge is 2.32. The summed E-state index contributed by atoms with van der Waals surface area (Å²) in [6.07, 6.45) is 10.0. The summed E-state index contributed by atoms with van der Waals surface area (Å²) in [7, 11) is 0. The first-order valence-electron chi connectivity index (χ1n) is 50.2. The monoisotopic (exact) mass is 1960 g/mol. The Kier molecular flexibility index (Phi) is 33.3. The van der Waals surface area contributed by atoms with Crippen molar-refractivity contribution in [1.29, 1.82) is 0 Å². The Morgan fingerprint density at radius 1 is 0.274 bits per heavy atom. The molecule has 0 saturated heterocycles. The van der Waals surface area contributed by atoms with Gasteiger partial charge in [0.2, 0.25) is 0 Å². The Morgan fingerprint density at radius 3 is 0.836 bits per heavy atom. The van der Waals surface area contributed by atoms with Crippen LogP contribution in [-0.2, 0) is 26.2 Å². The highest BCUT2D eigenvalue weighted by atomic mass is 19.1. The molecular formula is C119H127F3N20O4. The zero-order valence-corrected chi connectivity index (χ0v) is 83.5. The predicted molar refractivity (Wildman–Crippen MR) is 572 cm³/mol. The fourth-order valence-corrected chi connectivity index (χ4v) is 17.8. The molecule has 748 valence electrons. The van der Waals surface area contributed by atoms with Gasteiger partial charge in [-0.15, -0.1) is 0 Å². The number of rotatable bonds is 36. The first-order valence-corrected chi connectivity index (χ1v) is 50.2. The summed E-state index contributed by atoms with van der Waals surface area (Å²) in [6, 6.07) is 95.3. The fraction of sp³-hybridized carbons (Fsp3) is 0.261. The van der Waals surface area contributed by atoms with Crippen molar-refractivity contribution in [3.8, 4) is 22.7 Å². The number of nitrogens with zero attached hydrogens (tertiary/aromatic N) is 8. The number of nitrogens with two attached hydrogens (primary N) is 4. The smallest absolute Gasteiger partial charge is 0.274 e. The summed E-state index contributed by atoms with van der Waals surface area (Å²) >= 11 is 0. The summed E-state index contributed by atoms with van der Waals surface area (Å²) in [5, 5.41) is 44.2. The summed E-state index contributed by atoms with van der Waals surface area (Å²) in [5.74, 6) is -0.156. The number of aromatic nitrogens is 8. The molecule has 12 aromatic carbocycles. The Balaban J connectivity index is 0.000000133. The topological polar surface area (TPSA) is 340 Å². The normalized spacial score (nSPS) is 14.0. The van der Waals surface area contributed by atoms with E-state index < -0.39 is 35.2 Å². The Hall–Kier alpha value is -15.2. The van der Waals surface area contributed by atoms with Gasteiger partial charge in [-0.2, -0.15) is 20.4 Å². The third-order valence-corrected chi connectivity index (χ3v) is 26.6. The van der Waals surface area contributed by atoms with E-state index in [4.69, 9.17) is 22.9 Å². The van der Waals surface area contributed by atoms with Gasteiger partial charge in [-0.1, -0.05) is 199 Å². The van der Waals surface area contributed by atoms with Crippen LogP contribution in [0, 0.1) is 89.6 Å². The molecule has 4 aromatic heterocycles. The lowest BCUT2D eigenvalue weighted by Gasteiger charge is -2.21. The maximum atomic E-state index is 15.0. The Bertz CT molecular complexity index is 7250. The highest BCUT2D eigenvalue weighted by molar-refractivity contribution is 6.06. The van der Waals surface area contributed by atoms with Crippen LogP contribution in [0.5, 0.6) is 0 Å². The maximum Gasteiger partial charge on any atom is 0.274 e. The van der Waals surface area contributed by atoms with Gasteiger partial charge in [0.15, 0.2) is 0 Å². The molecule has 4 atom stereocenters. The number of nitrogens with one attached hydrogen (secondary N) is 8. The number of aryl methyl sites for hydroxylation is 7. The molecule has 4 heterocycles. The molecule has 4 saturated carbocycles. The molecule has 0 radical (unpaired) electrons. The average molecular weight is 1960 g/mol. The first kappa shape index (κ1) is 102. The number of anilines is 4. The van der Waals surface area contributed by atoms with E-state index >= 15 is 0 Å². The fourth-order valence-electron chi connectivity index (χ4n) is 17.8. The predicted octanol–water partition coefficient (Wildman–Crippen LogP) is 21.3. The maximum absolute atomic E-state index is 15.0. The van der Waals surface area contributed by atoms with Crippen LogP contribution in [0.1, 0.15) is 224 Å².